The number of rotatable bonds is 3. The predicted molar refractivity (Wildman–Crippen MR) is 75.8 cm³/mol. The number of carbonyl (C=O) groups is 1. The molecule has 1 amide bonds. The zero-order valence-corrected chi connectivity index (χ0v) is 12.5. The van der Waals surface area contributed by atoms with Gasteiger partial charge in [0, 0.05) is 5.54 Å². The van der Waals surface area contributed by atoms with Crippen molar-refractivity contribution in [3.8, 4) is 0 Å². The number of ether oxygens (including phenoxy) is 1. The molecule has 110 valence electrons. The largest absolute Gasteiger partial charge is 0.444 e. The van der Waals surface area contributed by atoms with Crippen LogP contribution in [0.25, 0.3) is 0 Å². The van der Waals surface area contributed by atoms with Gasteiger partial charge in [0.2, 0.25) is 0 Å². The van der Waals surface area contributed by atoms with E-state index in [4.69, 9.17) is 10.5 Å². The van der Waals surface area contributed by atoms with Crippen LogP contribution in [-0.4, -0.2) is 23.8 Å². The van der Waals surface area contributed by atoms with Crippen LogP contribution in [0.5, 0.6) is 0 Å². The van der Waals surface area contributed by atoms with Crippen molar-refractivity contribution in [3.63, 3.8) is 0 Å². The fourth-order valence-electron chi connectivity index (χ4n) is 3.46. The average Bonchev–Trinajstić information content (AvgIpc) is 3.07. The highest BCUT2D eigenvalue weighted by Gasteiger charge is 2.53. The molecule has 2 atom stereocenters. The molecule has 4 nitrogen and oxygen atoms in total. The Labute approximate surface area is 116 Å². The molecule has 0 saturated heterocycles. The van der Waals surface area contributed by atoms with Gasteiger partial charge < -0.3 is 15.8 Å². The molecule has 2 aliphatic carbocycles. The molecule has 2 saturated carbocycles. The van der Waals surface area contributed by atoms with Gasteiger partial charge in [-0.1, -0.05) is 19.3 Å². The lowest BCUT2D eigenvalue weighted by Crippen LogP contribution is -2.53. The number of nitrogens with one attached hydrogen (secondary N) is 1. The minimum Gasteiger partial charge on any atom is -0.444 e. The van der Waals surface area contributed by atoms with E-state index in [0.717, 1.165) is 25.8 Å². The number of carbonyl (C=O) groups excluding carboxylic acids is 1. The number of amides is 1. The van der Waals surface area contributed by atoms with Crippen LogP contribution >= 0.6 is 0 Å². The van der Waals surface area contributed by atoms with E-state index in [9.17, 15) is 4.79 Å². The SMILES string of the molecule is CC(C)(C)OC(=O)NC1(C2CC2CN)CCCCC1. The molecule has 2 aliphatic rings. The molecule has 2 unspecified atom stereocenters. The average molecular weight is 268 g/mol. The lowest BCUT2D eigenvalue weighted by molar-refractivity contribution is 0.0396. The standard InChI is InChI=1S/C15H28N2O2/c1-14(2,3)19-13(18)17-15(7-5-4-6-8-15)12-9-11(12)10-16/h11-12H,4-10,16H2,1-3H3,(H,17,18). The summed E-state index contributed by atoms with van der Waals surface area (Å²) in [5, 5.41) is 3.20. The minimum absolute atomic E-state index is 0.0510. The number of hydrogen-bond donors (Lipinski definition) is 2. The van der Waals surface area contributed by atoms with Crippen molar-refractivity contribution in [3.05, 3.63) is 0 Å². The van der Waals surface area contributed by atoms with E-state index >= 15 is 0 Å². The normalized spacial score (nSPS) is 29.7. The molecule has 2 rings (SSSR count). The van der Waals surface area contributed by atoms with Crippen molar-refractivity contribution in [1.29, 1.82) is 0 Å². The fraction of sp³-hybridized carbons (Fsp3) is 0.933. The fourth-order valence-corrected chi connectivity index (χ4v) is 3.46. The summed E-state index contributed by atoms with van der Waals surface area (Å²) in [5.41, 5.74) is 5.29. The third kappa shape index (κ3) is 3.62. The Morgan fingerprint density at radius 1 is 1.32 bits per heavy atom. The maximum Gasteiger partial charge on any atom is 0.408 e. The van der Waals surface area contributed by atoms with E-state index < -0.39 is 5.60 Å². The molecular formula is C15H28N2O2. The molecule has 0 aromatic rings. The van der Waals surface area contributed by atoms with Gasteiger partial charge in [-0.25, -0.2) is 4.79 Å². The number of hydrogen-bond acceptors (Lipinski definition) is 3. The van der Waals surface area contributed by atoms with Crippen LogP contribution in [0.15, 0.2) is 0 Å². The topological polar surface area (TPSA) is 64.3 Å². The van der Waals surface area contributed by atoms with E-state index in [1.807, 2.05) is 20.8 Å². The van der Waals surface area contributed by atoms with Crippen LogP contribution in [0.1, 0.15) is 59.3 Å². The van der Waals surface area contributed by atoms with Gasteiger partial charge in [0.05, 0.1) is 0 Å². The Balaban J connectivity index is 2.00. The molecule has 0 aromatic carbocycles. The lowest BCUT2D eigenvalue weighted by Gasteiger charge is -2.39. The zero-order chi connectivity index (χ0) is 14.1. The quantitative estimate of drug-likeness (QED) is 0.827. The molecule has 0 heterocycles. The van der Waals surface area contributed by atoms with Gasteiger partial charge in [0.1, 0.15) is 5.60 Å². The van der Waals surface area contributed by atoms with Gasteiger partial charge in [0.25, 0.3) is 0 Å². The van der Waals surface area contributed by atoms with E-state index in [-0.39, 0.29) is 11.6 Å². The van der Waals surface area contributed by atoms with E-state index in [2.05, 4.69) is 5.32 Å². The molecule has 0 bridgehead atoms. The summed E-state index contributed by atoms with van der Waals surface area (Å²) in [4.78, 5) is 12.1. The molecule has 0 spiro atoms. The molecule has 4 heteroatoms. The van der Waals surface area contributed by atoms with E-state index in [0.29, 0.717) is 11.8 Å². The molecule has 19 heavy (non-hydrogen) atoms. The second-order valence-electron chi connectivity index (χ2n) is 7.18. The van der Waals surface area contributed by atoms with Crippen LogP contribution in [0.3, 0.4) is 0 Å². The van der Waals surface area contributed by atoms with Crippen molar-refractivity contribution in [1.82, 2.24) is 5.32 Å². The summed E-state index contributed by atoms with van der Waals surface area (Å²) in [7, 11) is 0. The summed E-state index contributed by atoms with van der Waals surface area (Å²) in [5.74, 6) is 1.15. The second kappa shape index (κ2) is 5.31. The van der Waals surface area contributed by atoms with Crippen LogP contribution in [0.2, 0.25) is 0 Å². The summed E-state index contributed by atoms with van der Waals surface area (Å²) in [6, 6.07) is 0. The van der Waals surface area contributed by atoms with E-state index in [1.165, 1.54) is 19.3 Å². The molecule has 0 aromatic heterocycles. The van der Waals surface area contributed by atoms with Crippen LogP contribution in [0.4, 0.5) is 4.79 Å². The first-order valence-electron chi connectivity index (χ1n) is 7.57. The van der Waals surface area contributed by atoms with Gasteiger partial charge in [0.15, 0.2) is 0 Å². The maximum absolute atomic E-state index is 12.1. The van der Waals surface area contributed by atoms with Gasteiger partial charge in [-0.3, -0.25) is 0 Å². The van der Waals surface area contributed by atoms with Gasteiger partial charge >= 0.3 is 6.09 Å². The smallest absolute Gasteiger partial charge is 0.408 e. The predicted octanol–water partition coefficient (Wildman–Crippen LogP) is 2.81. The Morgan fingerprint density at radius 2 is 1.95 bits per heavy atom. The summed E-state index contributed by atoms with van der Waals surface area (Å²) >= 11 is 0. The maximum atomic E-state index is 12.1. The molecule has 0 aliphatic heterocycles. The van der Waals surface area contributed by atoms with E-state index in [1.54, 1.807) is 0 Å². The highest BCUT2D eigenvalue weighted by atomic mass is 16.6. The highest BCUT2D eigenvalue weighted by Crippen LogP contribution is 2.51. The number of nitrogens with two attached hydrogens (primary N) is 1. The van der Waals surface area contributed by atoms with Gasteiger partial charge in [-0.05, 0) is 58.4 Å². The number of alkyl carbamates (subject to hydrolysis) is 1. The highest BCUT2D eigenvalue weighted by molar-refractivity contribution is 5.69. The van der Waals surface area contributed by atoms with Gasteiger partial charge in [-0.2, -0.15) is 0 Å². The van der Waals surface area contributed by atoms with Gasteiger partial charge in [-0.15, -0.1) is 0 Å². The first-order chi connectivity index (χ1) is 8.86. The van der Waals surface area contributed by atoms with Crippen molar-refractivity contribution in [2.24, 2.45) is 17.6 Å². The van der Waals surface area contributed by atoms with Crippen molar-refractivity contribution in [2.45, 2.75) is 70.4 Å². The van der Waals surface area contributed by atoms with Crippen molar-refractivity contribution < 1.29 is 9.53 Å². The molecular weight excluding hydrogens is 240 g/mol. The summed E-state index contributed by atoms with van der Waals surface area (Å²) < 4.78 is 5.43. The van der Waals surface area contributed by atoms with Crippen LogP contribution < -0.4 is 11.1 Å². The minimum atomic E-state index is -0.434. The molecule has 2 fully saturated rings. The zero-order valence-electron chi connectivity index (χ0n) is 12.5. The summed E-state index contributed by atoms with van der Waals surface area (Å²) in [6.07, 6.45) is 6.72. The molecule has 0 radical (unpaired) electrons. The Hall–Kier alpha value is -0.770. The lowest BCUT2D eigenvalue weighted by atomic mass is 9.77. The van der Waals surface area contributed by atoms with Crippen molar-refractivity contribution in [2.75, 3.05) is 6.54 Å². The monoisotopic (exact) mass is 268 g/mol. The van der Waals surface area contributed by atoms with Crippen LogP contribution in [-0.2, 0) is 4.74 Å². The van der Waals surface area contributed by atoms with Crippen molar-refractivity contribution >= 4 is 6.09 Å². The second-order valence-corrected chi connectivity index (χ2v) is 7.18. The third-order valence-corrected chi connectivity index (χ3v) is 4.43. The Bertz CT molecular complexity index is 330. The molecule has 3 N–H and O–H groups in total. The first-order valence-corrected chi connectivity index (χ1v) is 7.57. The Kier molecular flexibility index (Phi) is 4.09. The first kappa shape index (κ1) is 14.6. The Morgan fingerprint density at radius 3 is 2.42 bits per heavy atom. The third-order valence-electron chi connectivity index (χ3n) is 4.43. The summed E-state index contributed by atoms with van der Waals surface area (Å²) in [6.45, 7) is 6.45. The van der Waals surface area contributed by atoms with Crippen LogP contribution in [0, 0.1) is 11.8 Å².